The van der Waals surface area contributed by atoms with E-state index in [4.69, 9.17) is 4.52 Å². The van der Waals surface area contributed by atoms with Crippen molar-refractivity contribution < 1.29 is 9.09 Å². The van der Waals surface area contributed by atoms with Crippen molar-refractivity contribution in [3.8, 4) is 0 Å². The van der Waals surface area contributed by atoms with E-state index < -0.39 is 13.0 Å². The molecule has 0 bridgehead atoms. The number of hydrogen-bond donors (Lipinski definition) is 0. The molecule has 1 aliphatic heterocycles. The average Bonchev–Trinajstić information content (AvgIpc) is 2.44. The van der Waals surface area contributed by atoms with Crippen molar-refractivity contribution in [3.05, 3.63) is 42.2 Å². The summed E-state index contributed by atoms with van der Waals surface area (Å²) in [6.07, 6.45) is 1.86. The van der Waals surface area contributed by atoms with Crippen LogP contribution in [0, 0.1) is 0 Å². The van der Waals surface area contributed by atoms with Crippen LogP contribution >= 0.6 is 7.37 Å². The maximum atomic E-state index is 12.3. The molecule has 0 spiro atoms. The summed E-state index contributed by atoms with van der Waals surface area (Å²) in [6.45, 7) is 3.82. The third kappa shape index (κ3) is 1.68. The minimum atomic E-state index is -2.72. The fourth-order valence-electron chi connectivity index (χ4n) is 1.46. The van der Waals surface area contributed by atoms with Crippen LogP contribution in [-0.4, -0.2) is 5.60 Å². The Bertz CT molecular complexity index is 407. The quantitative estimate of drug-likeness (QED) is 0.663. The highest BCUT2D eigenvalue weighted by Crippen LogP contribution is 2.55. The van der Waals surface area contributed by atoms with Gasteiger partial charge in [0.25, 0.3) is 7.37 Å². The number of benzene rings is 1. The predicted molar refractivity (Wildman–Crippen MR) is 58.0 cm³/mol. The largest absolute Gasteiger partial charge is 0.312 e. The van der Waals surface area contributed by atoms with Gasteiger partial charge in [0.2, 0.25) is 0 Å². The number of hydrogen-bond acceptors (Lipinski definition) is 2. The van der Waals surface area contributed by atoms with E-state index in [-0.39, 0.29) is 0 Å². The van der Waals surface area contributed by atoms with E-state index in [9.17, 15) is 4.57 Å². The fraction of sp³-hybridized carbons (Fsp3) is 0.273. The molecule has 0 aliphatic carbocycles. The van der Waals surface area contributed by atoms with Gasteiger partial charge in [0.05, 0.1) is 5.60 Å². The van der Waals surface area contributed by atoms with E-state index in [2.05, 4.69) is 0 Å². The Morgan fingerprint density at radius 1 is 1.21 bits per heavy atom. The van der Waals surface area contributed by atoms with Crippen molar-refractivity contribution in [1.82, 2.24) is 0 Å². The minimum Gasteiger partial charge on any atom is -0.312 e. The van der Waals surface area contributed by atoms with Crippen LogP contribution in [-0.2, 0) is 9.09 Å². The summed E-state index contributed by atoms with van der Waals surface area (Å²) in [7, 11) is -2.72. The zero-order chi connectivity index (χ0) is 10.2. The molecule has 3 heteroatoms. The van der Waals surface area contributed by atoms with Gasteiger partial charge in [-0.15, -0.1) is 0 Å². The SMILES string of the molecule is CC1(C)C=CP(=O)(c2ccccc2)O1. The normalized spacial score (nSPS) is 29.3. The zero-order valence-corrected chi connectivity index (χ0v) is 9.20. The molecule has 1 atom stereocenters. The second-order valence-corrected chi connectivity index (χ2v) is 6.13. The summed E-state index contributed by atoms with van der Waals surface area (Å²) in [4.78, 5) is 0. The highest BCUT2D eigenvalue weighted by Gasteiger charge is 2.35. The lowest BCUT2D eigenvalue weighted by molar-refractivity contribution is 0.183. The Kier molecular flexibility index (Phi) is 2.13. The Labute approximate surface area is 84.1 Å². The monoisotopic (exact) mass is 208 g/mol. The van der Waals surface area contributed by atoms with Gasteiger partial charge < -0.3 is 4.52 Å². The molecule has 1 unspecified atom stereocenters. The molecule has 2 rings (SSSR count). The van der Waals surface area contributed by atoms with Crippen LogP contribution in [0.25, 0.3) is 0 Å². The molecule has 1 heterocycles. The van der Waals surface area contributed by atoms with Crippen LogP contribution in [0.15, 0.2) is 42.2 Å². The lowest BCUT2D eigenvalue weighted by atomic mass is 10.1. The van der Waals surface area contributed by atoms with Crippen molar-refractivity contribution in [3.63, 3.8) is 0 Å². The molecule has 2 nitrogen and oxygen atoms in total. The van der Waals surface area contributed by atoms with Gasteiger partial charge >= 0.3 is 0 Å². The van der Waals surface area contributed by atoms with Crippen molar-refractivity contribution in [2.45, 2.75) is 19.4 Å². The van der Waals surface area contributed by atoms with E-state index >= 15 is 0 Å². The molecule has 0 saturated carbocycles. The molecule has 74 valence electrons. The van der Waals surface area contributed by atoms with Crippen molar-refractivity contribution in [2.24, 2.45) is 0 Å². The molecule has 1 aromatic rings. The van der Waals surface area contributed by atoms with Crippen LogP contribution in [0.3, 0.4) is 0 Å². The number of rotatable bonds is 1. The van der Waals surface area contributed by atoms with E-state index in [1.54, 1.807) is 5.82 Å². The molecule has 0 amide bonds. The molecule has 0 aromatic heterocycles. The molecule has 0 saturated heterocycles. The lowest BCUT2D eigenvalue weighted by Crippen LogP contribution is -2.16. The summed E-state index contributed by atoms with van der Waals surface area (Å²) in [5, 5.41) is 0.766. The Hall–Kier alpha value is -0.850. The van der Waals surface area contributed by atoms with Crippen LogP contribution in [0.5, 0.6) is 0 Å². The van der Waals surface area contributed by atoms with Crippen LogP contribution in [0.4, 0.5) is 0 Å². The van der Waals surface area contributed by atoms with Crippen LogP contribution in [0.1, 0.15) is 13.8 Å². The minimum absolute atomic E-state index is 0.411. The first kappa shape index (κ1) is 9.70. The molecule has 0 radical (unpaired) electrons. The summed E-state index contributed by atoms with van der Waals surface area (Å²) < 4.78 is 17.9. The van der Waals surface area contributed by atoms with Gasteiger partial charge in [-0.3, -0.25) is 4.57 Å². The van der Waals surface area contributed by atoms with E-state index in [0.29, 0.717) is 0 Å². The molecule has 1 aliphatic rings. The average molecular weight is 208 g/mol. The zero-order valence-electron chi connectivity index (χ0n) is 8.31. The maximum Gasteiger partial charge on any atom is 0.254 e. The summed E-state index contributed by atoms with van der Waals surface area (Å²) in [5.74, 6) is 1.70. The molecule has 0 fully saturated rings. The fourth-order valence-corrected chi connectivity index (χ4v) is 3.70. The van der Waals surface area contributed by atoms with Crippen molar-refractivity contribution in [2.75, 3.05) is 0 Å². The summed E-state index contributed by atoms with van der Waals surface area (Å²) in [5.41, 5.74) is -0.411. The van der Waals surface area contributed by atoms with Gasteiger partial charge in [-0.2, -0.15) is 0 Å². The van der Waals surface area contributed by atoms with E-state index in [1.165, 1.54) is 0 Å². The van der Waals surface area contributed by atoms with Gasteiger partial charge in [0, 0.05) is 11.1 Å². The first-order valence-corrected chi connectivity index (χ1v) is 6.28. The Balaban J connectivity index is 2.39. The highest BCUT2D eigenvalue weighted by atomic mass is 31.2. The molecule has 14 heavy (non-hydrogen) atoms. The van der Waals surface area contributed by atoms with Crippen LogP contribution < -0.4 is 5.30 Å². The Morgan fingerprint density at radius 2 is 1.86 bits per heavy atom. The molecule has 1 aromatic carbocycles. The van der Waals surface area contributed by atoms with Gasteiger partial charge in [0.15, 0.2) is 0 Å². The summed E-state index contributed by atoms with van der Waals surface area (Å²) >= 11 is 0. The predicted octanol–water partition coefficient (Wildman–Crippen LogP) is 2.91. The van der Waals surface area contributed by atoms with Gasteiger partial charge in [-0.25, -0.2) is 0 Å². The lowest BCUT2D eigenvalue weighted by Gasteiger charge is -2.19. The molecular formula is C11H13O2P. The first-order chi connectivity index (χ1) is 6.52. The van der Waals surface area contributed by atoms with Gasteiger partial charge in [-0.1, -0.05) is 18.2 Å². The molecular weight excluding hydrogens is 195 g/mol. The van der Waals surface area contributed by atoms with E-state index in [0.717, 1.165) is 5.30 Å². The third-order valence-electron chi connectivity index (χ3n) is 2.16. The summed E-state index contributed by atoms with van der Waals surface area (Å²) in [6, 6.07) is 9.33. The second-order valence-electron chi connectivity index (χ2n) is 3.94. The highest BCUT2D eigenvalue weighted by molar-refractivity contribution is 7.70. The van der Waals surface area contributed by atoms with Crippen molar-refractivity contribution in [1.29, 1.82) is 0 Å². The van der Waals surface area contributed by atoms with Gasteiger partial charge in [-0.05, 0) is 32.1 Å². The third-order valence-corrected chi connectivity index (χ3v) is 4.46. The van der Waals surface area contributed by atoms with E-state index in [1.807, 2.05) is 50.3 Å². The topological polar surface area (TPSA) is 26.3 Å². The van der Waals surface area contributed by atoms with Gasteiger partial charge in [0.1, 0.15) is 0 Å². The molecule has 0 N–H and O–H groups in total. The smallest absolute Gasteiger partial charge is 0.254 e. The van der Waals surface area contributed by atoms with Crippen molar-refractivity contribution >= 4 is 12.7 Å². The second kappa shape index (κ2) is 3.08. The standard InChI is InChI=1S/C11H13O2P/c1-11(2)8-9-14(12,13-11)10-6-4-3-5-7-10/h3-9H,1-2H3. The van der Waals surface area contributed by atoms with Crippen LogP contribution in [0.2, 0.25) is 0 Å². The first-order valence-electron chi connectivity index (χ1n) is 4.58. The Morgan fingerprint density at radius 3 is 2.36 bits per heavy atom. The maximum absolute atomic E-state index is 12.3.